The van der Waals surface area contributed by atoms with Crippen LogP contribution in [0, 0.1) is 5.82 Å². The van der Waals surface area contributed by atoms with E-state index in [-0.39, 0.29) is 61.0 Å². The van der Waals surface area contributed by atoms with Crippen molar-refractivity contribution in [2.75, 3.05) is 51.2 Å². The van der Waals surface area contributed by atoms with Gasteiger partial charge in [0.2, 0.25) is 5.43 Å². The highest BCUT2D eigenvalue weighted by Gasteiger charge is 2.30. The van der Waals surface area contributed by atoms with Crippen LogP contribution in [-0.2, 0) is 0 Å². The molecule has 1 unspecified atom stereocenters. The van der Waals surface area contributed by atoms with Gasteiger partial charge in [0.25, 0.3) is 5.91 Å². The van der Waals surface area contributed by atoms with E-state index in [1.54, 1.807) is 44.5 Å². The molecule has 0 saturated carbocycles. The maximum Gasteiger partial charge on any atom is 0.259 e. The fourth-order valence-electron chi connectivity index (χ4n) is 6.81. The van der Waals surface area contributed by atoms with Crippen LogP contribution in [-0.4, -0.2) is 72.5 Å². The maximum atomic E-state index is 16.0. The first-order valence-electron chi connectivity index (χ1n) is 14.7. The minimum Gasteiger partial charge on any atom is -0.451 e. The molecule has 4 aromatic carbocycles. The predicted octanol–water partition coefficient (Wildman–Crippen LogP) is 2.73. The molecule has 8 rings (SSSR count). The molecule has 1 amide bonds. The van der Waals surface area contributed by atoms with Crippen LogP contribution in [0.15, 0.2) is 67.5 Å². The Labute approximate surface area is 248 Å². The van der Waals surface area contributed by atoms with Gasteiger partial charge in [0.05, 0.1) is 10.9 Å². The zero-order valence-electron chi connectivity index (χ0n) is 23.9. The van der Waals surface area contributed by atoms with E-state index in [1.165, 1.54) is 12.3 Å². The number of aromatic nitrogens is 1. The van der Waals surface area contributed by atoms with E-state index in [2.05, 4.69) is 4.90 Å². The van der Waals surface area contributed by atoms with Crippen molar-refractivity contribution < 1.29 is 13.6 Å². The van der Waals surface area contributed by atoms with Gasteiger partial charge in [-0.25, -0.2) is 4.39 Å². The average molecular weight is 594 g/mol. The summed E-state index contributed by atoms with van der Waals surface area (Å²) in [5.74, 6) is -1.12. The molecule has 11 heteroatoms. The fourth-order valence-corrected chi connectivity index (χ4v) is 6.81. The van der Waals surface area contributed by atoms with Crippen LogP contribution in [0.3, 0.4) is 0 Å². The number of likely N-dealkylation sites (N-methyl/N-ethyl adjacent to an activating group) is 1. The Balaban J connectivity index is 1.51. The number of halogens is 1. The van der Waals surface area contributed by atoms with Gasteiger partial charge in [-0.15, -0.1) is 0 Å². The third kappa shape index (κ3) is 3.79. The fraction of sp³-hybridized carbons (Fsp3) is 0.273. The largest absolute Gasteiger partial charge is 0.451 e. The second-order valence-corrected chi connectivity index (χ2v) is 11.9. The molecular weight excluding hydrogens is 565 g/mol. The Hall–Kier alpha value is -4.87. The smallest absolute Gasteiger partial charge is 0.259 e. The number of carbonyl (C=O) groups is 1. The van der Waals surface area contributed by atoms with Crippen molar-refractivity contribution in [3.63, 3.8) is 0 Å². The lowest BCUT2D eigenvalue weighted by atomic mass is 10.0. The van der Waals surface area contributed by atoms with Crippen molar-refractivity contribution in [1.82, 2.24) is 14.2 Å². The number of piperazine rings is 1. The SMILES string of the molecule is CN1CCN(C(=O)c2cn3c4cc5c(=O)c6ccccc6c(=O)c5cc4oc4c(N5CCC(N)C5)c(F)cc(c2=O)c43)CC1. The molecule has 222 valence electrons. The first-order valence-corrected chi connectivity index (χ1v) is 14.7. The van der Waals surface area contributed by atoms with Crippen LogP contribution in [0.5, 0.6) is 0 Å². The van der Waals surface area contributed by atoms with Gasteiger partial charge in [-0.2, -0.15) is 0 Å². The number of nitrogens with zero attached hydrogens (tertiary/aromatic N) is 4. The van der Waals surface area contributed by atoms with Crippen molar-refractivity contribution in [3.8, 4) is 0 Å². The Morgan fingerprint density at radius 3 is 2.23 bits per heavy atom. The highest BCUT2D eigenvalue weighted by atomic mass is 19.1. The molecule has 44 heavy (non-hydrogen) atoms. The molecule has 2 aliphatic rings. The number of pyridine rings is 1. The topological polar surface area (TPSA) is 122 Å². The minimum atomic E-state index is -0.670. The first kappa shape index (κ1) is 26.7. The van der Waals surface area contributed by atoms with E-state index in [4.69, 9.17) is 10.2 Å². The first-order chi connectivity index (χ1) is 21.2. The van der Waals surface area contributed by atoms with E-state index in [0.717, 1.165) is 6.07 Å². The summed E-state index contributed by atoms with van der Waals surface area (Å²) in [7, 11) is 1.97. The summed E-state index contributed by atoms with van der Waals surface area (Å²) in [5, 5.41) is 0.938. The molecular formula is C33H28FN5O5. The number of hydrogen-bond acceptors (Lipinski definition) is 8. The molecule has 4 heterocycles. The summed E-state index contributed by atoms with van der Waals surface area (Å²) in [5.41, 5.74) is 5.92. The molecule has 1 atom stereocenters. The van der Waals surface area contributed by atoms with Gasteiger partial charge < -0.3 is 29.3 Å². The van der Waals surface area contributed by atoms with Crippen molar-refractivity contribution >= 4 is 60.7 Å². The van der Waals surface area contributed by atoms with Gasteiger partial charge in [0.15, 0.2) is 27.8 Å². The third-order valence-corrected chi connectivity index (χ3v) is 9.21. The second kappa shape index (κ2) is 9.57. The Morgan fingerprint density at radius 2 is 1.57 bits per heavy atom. The van der Waals surface area contributed by atoms with Crippen LogP contribution in [0.25, 0.3) is 49.1 Å². The van der Waals surface area contributed by atoms with E-state index >= 15 is 4.39 Å². The maximum absolute atomic E-state index is 16.0. The van der Waals surface area contributed by atoms with Crippen LogP contribution in [0.1, 0.15) is 16.8 Å². The predicted molar refractivity (Wildman–Crippen MR) is 168 cm³/mol. The van der Waals surface area contributed by atoms with Crippen molar-refractivity contribution in [1.29, 1.82) is 0 Å². The number of hydrogen-bond donors (Lipinski definition) is 1. The van der Waals surface area contributed by atoms with Crippen LogP contribution in [0.4, 0.5) is 10.1 Å². The van der Waals surface area contributed by atoms with Crippen LogP contribution < -0.4 is 26.9 Å². The number of nitrogens with two attached hydrogens (primary N) is 1. The molecule has 0 bridgehead atoms. The second-order valence-electron chi connectivity index (χ2n) is 11.9. The summed E-state index contributed by atoms with van der Waals surface area (Å²) >= 11 is 0. The number of rotatable bonds is 2. The molecule has 0 radical (unpaired) electrons. The summed E-state index contributed by atoms with van der Waals surface area (Å²) < 4.78 is 24.0. The molecule has 2 fully saturated rings. The Morgan fingerprint density at radius 1 is 0.886 bits per heavy atom. The van der Waals surface area contributed by atoms with Crippen molar-refractivity contribution in [2.45, 2.75) is 12.5 Å². The summed E-state index contributed by atoms with van der Waals surface area (Å²) in [6.45, 7) is 3.10. The summed E-state index contributed by atoms with van der Waals surface area (Å²) in [6.07, 6.45) is 2.12. The standard InChI is InChI=1S/C33H28FN5O5/c1-36-8-10-37(11-9-36)33(43)23-16-39-25-13-20-21(30(41)19-5-3-2-4-18(19)29(20)40)14-26(25)44-32-27(39)22(31(23)42)12-24(34)28(32)38-7-6-17(35)15-38/h2-5,12-14,16-17H,6-11,15,35H2,1H3. The Bertz CT molecular complexity index is 2380. The minimum absolute atomic E-state index is 0.0131. The van der Waals surface area contributed by atoms with Gasteiger partial charge in [0, 0.05) is 73.1 Å². The zero-order valence-corrected chi connectivity index (χ0v) is 23.9. The van der Waals surface area contributed by atoms with Crippen molar-refractivity contribution in [3.05, 3.63) is 90.7 Å². The average Bonchev–Trinajstić information content (AvgIpc) is 3.45. The zero-order chi connectivity index (χ0) is 30.4. The molecule has 2 aliphatic heterocycles. The van der Waals surface area contributed by atoms with E-state index < -0.39 is 17.2 Å². The van der Waals surface area contributed by atoms with E-state index in [1.807, 2.05) is 7.05 Å². The van der Waals surface area contributed by atoms with Gasteiger partial charge in [-0.1, -0.05) is 24.3 Å². The molecule has 0 aliphatic carbocycles. The quantitative estimate of drug-likeness (QED) is 0.240. The van der Waals surface area contributed by atoms with E-state index in [0.29, 0.717) is 62.0 Å². The third-order valence-electron chi connectivity index (χ3n) is 9.21. The number of fused-ring (bicyclic) bond motifs is 4. The highest BCUT2D eigenvalue weighted by Crippen LogP contribution is 2.37. The molecule has 2 N–H and O–H groups in total. The lowest BCUT2D eigenvalue weighted by Gasteiger charge is -2.32. The molecule has 0 spiro atoms. The van der Waals surface area contributed by atoms with Crippen LogP contribution in [0.2, 0.25) is 0 Å². The lowest BCUT2D eigenvalue weighted by molar-refractivity contribution is 0.0662. The molecule has 10 nitrogen and oxygen atoms in total. The number of benzene rings is 4. The van der Waals surface area contributed by atoms with Crippen molar-refractivity contribution in [2.24, 2.45) is 5.73 Å². The van der Waals surface area contributed by atoms with Gasteiger partial charge in [-0.3, -0.25) is 19.2 Å². The normalized spacial score (nSPS) is 18.1. The number of amides is 1. The number of anilines is 1. The van der Waals surface area contributed by atoms with E-state index in [9.17, 15) is 19.2 Å². The van der Waals surface area contributed by atoms with Crippen LogP contribution >= 0.6 is 0 Å². The van der Waals surface area contributed by atoms with Gasteiger partial charge >= 0.3 is 0 Å². The molecule has 6 aromatic rings. The summed E-state index contributed by atoms with van der Waals surface area (Å²) in [4.78, 5) is 60.3. The highest BCUT2D eigenvalue weighted by molar-refractivity contribution is 6.08. The number of carbonyl (C=O) groups excluding carboxylic acids is 1. The van der Waals surface area contributed by atoms with Gasteiger partial charge in [-0.05, 0) is 31.7 Å². The molecule has 2 saturated heterocycles. The Kier molecular flexibility index (Phi) is 5.81. The lowest BCUT2D eigenvalue weighted by Crippen LogP contribution is -2.48. The summed E-state index contributed by atoms with van der Waals surface area (Å²) in [6, 6.07) is 10.7. The molecule has 2 aromatic heterocycles. The monoisotopic (exact) mass is 593 g/mol. The van der Waals surface area contributed by atoms with Gasteiger partial charge in [0.1, 0.15) is 16.8 Å².